The first-order valence-corrected chi connectivity index (χ1v) is 8.02. The molecule has 1 aliphatic carbocycles. The number of amides is 4. The summed E-state index contributed by atoms with van der Waals surface area (Å²) in [6, 6.07) is 0. The molecule has 2 unspecified atom stereocenters. The van der Waals surface area contributed by atoms with E-state index in [1.807, 2.05) is 12.2 Å². The van der Waals surface area contributed by atoms with Gasteiger partial charge in [-0.15, -0.1) is 0 Å². The van der Waals surface area contributed by atoms with E-state index in [-0.39, 0.29) is 42.0 Å². The molecule has 0 N–H and O–H groups in total. The fourth-order valence-electron chi connectivity index (χ4n) is 3.53. The number of carbonyl (C=O) groups excluding carboxylic acids is 4. The molecule has 0 aromatic heterocycles. The van der Waals surface area contributed by atoms with Gasteiger partial charge in [-0.1, -0.05) is 12.2 Å². The minimum Gasteiger partial charge on any atom is -0.339 e. The normalized spacial score (nSPS) is 27.4. The van der Waals surface area contributed by atoms with Crippen LogP contribution in [0.4, 0.5) is 0 Å². The van der Waals surface area contributed by atoms with E-state index in [0.29, 0.717) is 39.0 Å². The summed E-state index contributed by atoms with van der Waals surface area (Å²) < 4.78 is 0. The van der Waals surface area contributed by atoms with Crippen LogP contribution in [0.25, 0.3) is 0 Å². The Kier molecular flexibility index (Phi) is 4.19. The number of hydrogen-bond donors (Lipinski definition) is 0. The Morgan fingerprint density at radius 1 is 0.957 bits per heavy atom. The van der Waals surface area contributed by atoms with Crippen molar-refractivity contribution < 1.29 is 19.2 Å². The number of fused-ring (bicyclic) bond motifs is 1. The third-order valence-electron chi connectivity index (χ3n) is 4.97. The Morgan fingerprint density at radius 2 is 1.43 bits per heavy atom. The summed E-state index contributed by atoms with van der Waals surface area (Å²) in [5, 5.41) is 0. The fourth-order valence-corrected chi connectivity index (χ4v) is 3.53. The minimum absolute atomic E-state index is 0.00132. The molecule has 0 radical (unpaired) electrons. The molecule has 7 heteroatoms. The second-order valence-corrected chi connectivity index (χ2v) is 6.31. The molecule has 2 aliphatic heterocycles. The van der Waals surface area contributed by atoms with Gasteiger partial charge in [0.1, 0.15) is 6.54 Å². The summed E-state index contributed by atoms with van der Waals surface area (Å²) in [5.74, 6) is -1.26. The molecule has 2 atom stereocenters. The molecule has 0 aromatic rings. The topological polar surface area (TPSA) is 78.0 Å². The van der Waals surface area contributed by atoms with E-state index in [9.17, 15) is 19.2 Å². The van der Waals surface area contributed by atoms with Crippen LogP contribution in [0.5, 0.6) is 0 Å². The number of hydrogen-bond acceptors (Lipinski definition) is 4. The average molecular weight is 319 g/mol. The molecule has 4 amide bonds. The van der Waals surface area contributed by atoms with Crippen molar-refractivity contribution in [1.29, 1.82) is 0 Å². The molecule has 0 saturated carbocycles. The highest BCUT2D eigenvalue weighted by molar-refractivity contribution is 6.07. The van der Waals surface area contributed by atoms with Gasteiger partial charge in [-0.25, -0.2) is 0 Å². The van der Waals surface area contributed by atoms with Gasteiger partial charge in [-0.3, -0.25) is 24.1 Å². The summed E-state index contributed by atoms with van der Waals surface area (Å²) >= 11 is 0. The van der Waals surface area contributed by atoms with E-state index in [2.05, 4.69) is 0 Å². The molecule has 7 nitrogen and oxygen atoms in total. The van der Waals surface area contributed by atoms with Gasteiger partial charge >= 0.3 is 0 Å². The number of carbonyl (C=O) groups is 4. The van der Waals surface area contributed by atoms with E-state index in [1.54, 1.807) is 9.80 Å². The zero-order valence-electron chi connectivity index (χ0n) is 13.2. The van der Waals surface area contributed by atoms with Crippen LogP contribution in [-0.2, 0) is 19.2 Å². The lowest BCUT2D eigenvalue weighted by atomic mass is 9.85. The molecular weight excluding hydrogens is 298 g/mol. The molecule has 3 rings (SSSR count). The van der Waals surface area contributed by atoms with Crippen LogP contribution in [0.1, 0.15) is 19.8 Å². The summed E-state index contributed by atoms with van der Waals surface area (Å²) in [5.41, 5.74) is 0. The highest BCUT2D eigenvalue weighted by atomic mass is 16.2. The van der Waals surface area contributed by atoms with E-state index in [4.69, 9.17) is 0 Å². The second kappa shape index (κ2) is 6.14. The van der Waals surface area contributed by atoms with Gasteiger partial charge in [0, 0.05) is 33.1 Å². The van der Waals surface area contributed by atoms with Crippen molar-refractivity contribution >= 4 is 23.6 Å². The number of imide groups is 1. The van der Waals surface area contributed by atoms with E-state index < -0.39 is 0 Å². The first kappa shape index (κ1) is 15.7. The highest BCUT2D eigenvalue weighted by Crippen LogP contribution is 2.34. The standard InChI is InChI=1S/C16H21N3O4/c1-11(20)17-6-8-18(9-7-17)14(21)10-19-15(22)12-4-2-3-5-13(12)16(19)23/h2-3,12-13H,4-10H2,1H3. The molecule has 0 spiro atoms. The maximum Gasteiger partial charge on any atom is 0.242 e. The van der Waals surface area contributed by atoms with Crippen LogP contribution in [0.2, 0.25) is 0 Å². The Hall–Kier alpha value is -2.18. The van der Waals surface area contributed by atoms with Gasteiger partial charge in [0.2, 0.25) is 23.6 Å². The van der Waals surface area contributed by atoms with Crippen LogP contribution < -0.4 is 0 Å². The number of piperazine rings is 1. The number of nitrogens with zero attached hydrogens (tertiary/aromatic N) is 3. The zero-order chi connectivity index (χ0) is 16.6. The van der Waals surface area contributed by atoms with Crippen molar-refractivity contribution in [2.24, 2.45) is 11.8 Å². The number of rotatable bonds is 2. The smallest absolute Gasteiger partial charge is 0.242 e. The van der Waals surface area contributed by atoms with Crippen LogP contribution in [-0.4, -0.2) is 71.1 Å². The largest absolute Gasteiger partial charge is 0.339 e. The third kappa shape index (κ3) is 2.87. The SMILES string of the molecule is CC(=O)N1CCN(C(=O)CN2C(=O)C3CC=CCC3C2=O)CC1. The first-order valence-electron chi connectivity index (χ1n) is 8.02. The van der Waals surface area contributed by atoms with Crippen LogP contribution in [0, 0.1) is 11.8 Å². The molecule has 2 fully saturated rings. The molecule has 23 heavy (non-hydrogen) atoms. The first-order chi connectivity index (χ1) is 11.0. The quantitative estimate of drug-likeness (QED) is 0.514. The Bertz CT molecular complexity index is 552. The van der Waals surface area contributed by atoms with Crippen LogP contribution in [0.15, 0.2) is 12.2 Å². The van der Waals surface area contributed by atoms with Crippen molar-refractivity contribution in [3.63, 3.8) is 0 Å². The highest BCUT2D eigenvalue weighted by Gasteiger charge is 2.47. The Labute approximate surface area is 134 Å². The summed E-state index contributed by atoms with van der Waals surface area (Å²) in [4.78, 5) is 52.8. The lowest BCUT2D eigenvalue weighted by molar-refractivity contribution is -0.147. The molecular formula is C16H21N3O4. The van der Waals surface area contributed by atoms with E-state index in [0.717, 1.165) is 4.90 Å². The molecule has 2 saturated heterocycles. The Balaban J connectivity index is 1.59. The summed E-state index contributed by atoms with van der Waals surface area (Å²) in [6.45, 7) is 3.22. The van der Waals surface area contributed by atoms with Crippen molar-refractivity contribution in [2.45, 2.75) is 19.8 Å². The van der Waals surface area contributed by atoms with Gasteiger partial charge in [0.15, 0.2) is 0 Å². The zero-order valence-corrected chi connectivity index (χ0v) is 13.2. The molecule has 3 aliphatic rings. The average Bonchev–Trinajstić information content (AvgIpc) is 2.80. The third-order valence-corrected chi connectivity index (χ3v) is 4.97. The van der Waals surface area contributed by atoms with Crippen LogP contribution >= 0.6 is 0 Å². The van der Waals surface area contributed by atoms with Gasteiger partial charge < -0.3 is 9.80 Å². The monoisotopic (exact) mass is 319 g/mol. The van der Waals surface area contributed by atoms with Gasteiger partial charge in [-0.2, -0.15) is 0 Å². The predicted molar refractivity (Wildman–Crippen MR) is 80.9 cm³/mol. The minimum atomic E-state index is -0.296. The summed E-state index contributed by atoms with van der Waals surface area (Å²) in [6.07, 6.45) is 5.02. The van der Waals surface area contributed by atoms with Crippen molar-refractivity contribution in [3.8, 4) is 0 Å². The van der Waals surface area contributed by atoms with Crippen LogP contribution in [0.3, 0.4) is 0 Å². The lowest BCUT2D eigenvalue weighted by Gasteiger charge is -2.34. The number of allylic oxidation sites excluding steroid dienone is 2. The number of likely N-dealkylation sites (tertiary alicyclic amines) is 1. The van der Waals surface area contributed by atoms with Gasteiger partial charge in [0.05, 0.1) is 11.8 Å². The molecule has 124 valence electrons. The van der Waals surface area contributed by atoms with Crippen molar-refractivity contribution in [2.75, 3.05) is 32.7 Å². The van der Waals surface area contributed by atoms with Gasteiger partial charge in [0.25, 0.3) is 0 Å². The second-order valence-electron chi connectivity index (χ2n) is 6.31. The fraction of sp³-hybridized carbons (Fsp3) is 0.625. The lowest BCUT2D eigenvalue weighted by Crippen LogP contribution is -2.52. The van der Waals surface area contributed by atoms with Crippen molar-refractivity contribution in [1.82, 2.24) is 14.7 Å². The summed E-state index contributed by atoms with van der Waals surface area (Å²) in [7, 11) is 0. The predicted octanol–water partition coefficient (Wildman–Crippen LogP) is -0.372. The van der Waals surface area contributed by atoms with E-state index >= 15 is 0 Å². The van der Waals surface area contributed by atoms with E-state index in [1.165, 1.54) is 6.92 Å². The molecule has 2 heterocycles. The Morgan fingerprint density at radius 3 is 1.91 bits per heavy atom. The van der Waals surface area contributed by atoms with Gasteiger partial charge in [-0.05, 0) is 12.8 Å². The van der Waals surface area contributed by atoms with Crippen molar-refractivity contribution in [3.05, 3.63) is 12.2 Å². The molecule has 0 aromatic carbocycles. The molecule has 0 bridgehead atoms. The maximum absolute atomic E-state index is 12.4. The maximum atomic E-state index is 12.4.